The third-order valence-corrected chi connectivity index (χ3v) is 6.54. The largest absolute Gasteiger partial charge is 0.493 e. The summed E-state index contributed by atoms with van der Waals surface area (Å²) < 4.78 is 22.3. The van der Waals surface area contributed by atoms with Crippen molar-refractivity contribution in [1.29, 1.82) is 0 Å². The predicted octanol–water partition coefficient (Wildman–Crippen LogP) is 6.15. The average Bonchev–Trinajstić information content (AvgIpc) is 3.01. The van der Waals surface area contributed by atoms with E-state index in [4.69, 9.17) is 18.9 Å². The van der Waals surface area contributed by atoms with Crippen molar-refractivity contribution in [3.63, 3.8) is 0 Å². The van der Waals surface area contributed by atoms with E-state index in [1.165, 1.54) is 20.4 Å². The van der Waals surface area contributed by atoms with Gasteiger partial charge in [-0.15, -0.1) is 0 Å². The summed E-state index contributed by atoms with van der Waals surface area (Å²) in [6.07, 6.45) is 0.648. The molecule has 8 heteroatoms. The predicted molar refractivity (Wildman–Crippen MR) is 158 cm³/mol. The number of ether oxygens (including phenoxy) is 4. The molecule has 0 aliphatic rings. The second-order valence-electron chi connectivity index (χ2n) is 9.13. The quantitative estimate of drug-likeness (QED) is 0.103. The highest BCUT2D eigenvalue weighted by Crippen LogP contribution is 2.30. The highest BCUT2D eigenvalue weighted by molar-refractivity contribution is 6.04. The van der Waals surface area contributed by atoms with E-state index in [-0.39, 0.29) is 11.3 Å². The van der Waals surface area contributed by atoms with Gasteiger partial charge in [0.15, 0.2) is 17.6 Å². The van der Waals surface area contributed by atoms with Crippen LogP contribution in [-0.4, -0.2) is 38.4 Å². The fourth-order valence-electron chi connectivity index (χ4n) is 4.41. The summed E-state index contributed by atoms with van der Waals surface area (Å²) in [7, 11) is 3.01. The van der Waals surface area contributed by atoms with Gasteiger partial charge in [-0.25, -0.2) is 10.2 Å². The van der Waals surface area contributed by atoms with Crippen molar-refractivity contribution in [2.45, 2.75) is 13.0 Å². The summed E-state index contributed by atoms with van der Waals surface area (Å²) in [5.41, 5.74) is 3.35. The zero-order valence-corrected chi connectivity index (χ0v) is 22.8. The molecule has 206 valence electrons. The maximum absolute atomic E-state index is 13.1. The fourth-order valence-corrected chi connectivity index (χ4v) is 4.41. The summed E-state index contributed by atoms with van der Waals surface area (Å²) in [6, 6.07) is 29.4. The van der Waals surface area contributed by atoms with Crippen molar-refractivity contribution in [3.8, 4) is 23.0 Å². The van der Waals surface area contributed by atoms with Crippen LogP contribution in [0, 0.1) is 0 Å². The lowest BCUT2D eigenvalue weighted by Gasteiger charge is -2.15. The zero-order valence-electron chi connectivity index (χ0n) is 22.8. The first-order valence-electron chi connectivity index (χ1n) is 12.9. The number of fused-ring (bicyclic) bond motifs is 2. The van der Waals surface area contributed by atoms with E-state index in [0.29, 0.717) is 22.8 Å². The minimum absolute atomic E-state index is 0.279. The van der Waals surface area contributed by atoms with Gasteiger partial charge in [0, 0.05) is 10.9 Å². The summed E-state index contributed by atoms with van der Waals surface area (Å²) in [4.78, 5) is 25.9. The molecule has 0 spiro atoms. The van der Waals surface area contributed by atoms with E-state index in [1.54, 1.807) is 31.2 Å². The molecule has 0 aliphatic carbocycles. The van der Waals surface area contributed by atoms with Crippen molar-refractivity contribution in [2.75, 3.05) is 14.2 Å². The molecule has 0 heterocycles. The molecule has 1 atom stereocenters. The molecule has 1 amide bonds. The third kappa shape index (κ3) is 5.96. The number of rotatable bonds is 9. The van der Waals surface area contributed by atoms with Crippen molar-refractivity contribution < 1.29 is 28.5 Å². The Balaban J connectivity index is 1.35. The smallest absolute Gasteiger partial charge is 0.343 e. The van der Waals surface area contributed by atoms with Crippen molar-refractivity contribution in [3.05, 3.63) is 108 Å². The maximum Gasteiger partial charge on any atom is 0.343 e. The van der Waals surface area contributed by atoms with Crippen LogP contribution in [0.15, 0.2) is 102 Å². The standard InChI is InChI=1S/C33H28N2O6/c1-21(40-28-14-8-11-22-9-5-7-13-26(22)28)32(36)35-34-20-27-25-12-6-4-10-23(25)15-17-29(27)41-33(37)24-16-18-30(38-2)31(19-24)39-3/h4-21H,1-3H3,(H,35,36)/b34-20+. The first-order chi connectivity index (χ1) is 20.0. The second-order valence-corrected chi connectivity index (χ2v) is 9.13. The van der Waals surface area contributed by atoms with Crippen molar-refractivity contribution in [2.24, 2.45) is 5.10 Å². The normalized spacial score (nSPS) is 11.8. The number of hydrogen-bond acceptors (Lipinski definition) is 7. The minimum Gasteiger partial charge on any atom is -0.493 e. The van der Waals surface area contributed by atoms with Gasteiger partial charge in [0.2, 0.25) is 0 Å². The van der Waals surface area contributed by atoms with Crippen LogP contribution in [0.5, 0.6) is 23.0 Å². The molecular formula is C33H28N2O6. The fraction of sp³-hybridized carbons (Fsp3) is 0.121. The zero-order chi connectivity index (χ0) is 28.8. The summed E-state index contributed by atoms with van der Waals surface area (Å²) >= 11 is 0. The summed E-state index contributed by atoms with van der Waals surface area (Å²) in [5.74, 6) is 0.770. The molecule has 0 aliphatic heterocycles. The molecule has 0 saturated heterocycles. The number of esters is 1. The van der Waals surface area contributed by atoms with Gasteiger partial charge in [-0.3, -0.25) is 4.79 Å². The Morgan fingerprint density at radius 1 is 0.732 bits per heavy atom. The molecule has 5 aromatic rings. The summed E-state index contributed by atoms with van der Waals surface area (Å²) in [6.45, 7) is 1.65. The van der Waals surface area contributed by atoms with Crippen LogP contribution >= 0.6 is 0 Å². The number of carbonyl (C=O) groups is 2. The van der Waals surface area contributed by atoms with Gasteiger partial charge in [-0.2, -0.15) is 5.10 Å². The number of amides is 1. The number of hydrazone groups is 1. The molecule has 8 nitrogen and oxygen atoms in total. The van der Waals surface area contributed by atoms with Crippen molar-refractivity contribution in [1.82, 2.24) is 5.43 Å². The minimum atomic E-state index is -0.812. The number of benzene rings is 5. The Morgan fingerprint density at radius 2 is 1.39 bits per heavy atom. The number of carbonyl (C=O) groups excluding carboxylic acids is 2. The second kappa shape index (κ2) is 12.2. The van der Waals surface area contributed by atoms with Crippen LogP contribution in [0.2, 0.25) is 0 Å². The lowest BCUT2D eigenvalue weighted by atomic mass is 10.0. The van der Waals surface area contributed by atoms with Crippen LogP contribution in [0.3, 0.4) is 0 Å². The van der Waals surface area contributed by atoms with Crippen LogP contribution in [0.25, 0.3) is 21.5 Å². The highest BCUT2D eigenvalue weighted by Gasteiger charge is 2.18. The number of hydrogen-bond donors (Lipinski definition) is 1. The van der Waals surface area contributed by atoms with Gasteiger partial charge in [0.25, 0.3) is 5.91 Å². The van der Waals surface area contributed by atoms with Gasteiger partial charge in [-0.1, -0.05) is 66.7 Å². The van der Waals surface area contributed by atoms with Gasteiger partial charge >= 0.3 is 5.97 Å². The monoisotopic (exact) mass is 548 g/mol. The first-order valence-corrected chi connectivity index (χ1v) is 12.9. The van der Waals surface area contributed by atoms with Gasteiger partial charge < -0.3 is 18.9 Å². The third-order valence-electron chi connectivity index (χ3n) is 6.54. The van der Waals surface area contributed by atoms with E-state index in [1.807, 2.05) is 72.8 Å². The van der Waals surface area contributed by atoms with Crippen LogP contribution in [-0.2, 0) is 4.79 Å². The Bertz CT molecular complexity index is 1760. The lowest BCUT2D eigenvalue weighted by Crippen LogP contribution is -2.33. The molecule has 0 saturated carbocycles. The SMILES string of the molecule is COc1ccc(C(=O)Oc2ccc3ccccc3c2/C=N/NC(=O)C(C)Oc2cccc3ccccc23)cc1OC. The number of methoxy groups -OCH3 is 2. The molecule has 41 heavy (non-hydrogen) atoms. The molecule has 0 bridgehead atoms. The van der Waals surface area contributed by atoms with Crippen LogP contribution in [0.4, 0.5) is 0 Å². The Labute approximate surface area is 237 Å². The Kier molecular flexibility index (Phi) is 8.10. The van der Waals surface area contributed by atoms with E-state index in [2.05, 4.69) is 10.5 Å². The lowest BCUT2D eigenvalue weighted by molar-refractivity contribution is -0.127. The summed E-state index contributed by atoms with van der Waals surface area (Å²) in [5, 5.41) is 7.81. The average molecular weight is 549 g/mol. The van der Waals surface area contributed by atoms with E-state index in [9.17, 15) is 9.59 Å². The topological polar surface area (TPSA) is 95.5 Å². The molecule has 1 N–H and O–H groups in total. The van der Waals surface area contributed by atoms with Gasteiger partial charge in [-0.05, 0) is 53.4 Å². The molecule has 1 unspecified atom stereocenters. The molecular weight excluding hydrogens is 520 g/mol. The van der Waals surface area contributed by atoms with Crippen LogP contribution < -0.4 is 24.4 Å². The number of nitrogens with zero attached hydrogens (tertiary/aromatic N) is 1. The number of nitrogens with one attached hydrogen (secondary N) is 1. The Morgan fingerprint density at radius 3 is 2.15 bits per heavy atom. The van der Waals surface area contributed by atoms with E-state index < -0.39 is 18.0 Å². The molecule has 5 rings (SSSR count). The van der Waals surface area contributed by atoms with E-state index >= 15 is 0 Å². The van der Waals surface area contributed by atoms with Gasteiger partial charge in [0.1, 0.15) is 11.5 Å². The first kappa shape index (κ1) is 27.2. The Hall–Kier alpha value is -5.37. The molecule has 5 aromatic carbocycles. The molecule has 0 aromatic heterocycles. The molecule has 0 fully saturated rings. The van der Waals surface area contributed by atoms with Gasteiger partial charge in [0.05, 0.1) is 26.0 Å². The maximum atomic E-state index is 13.1. The van der Waals surface area contributed by atoms with Crippen molar-refractivity contribution >= 4 is 39.6 Å². The highest BCUT2D eigenvalue weighted by atomic mass is 16.5. The van der Waals surface area contributed by atoms with E-state index in [0.717, 1.165) is 21.5 Å². The van der Waals surface area contributed by atoms with Crippen LogP contribution in [0.1, 0.15) is 22.8 Å². The molecule has 0 radical (unpaired) electrons.